The first kappa shape index (κ1) is 13.0. The van der Waals surface area contributed by atoms with Crippen molar-refractivity contribution < 1.29 is 19.4 Å². The van der Waals surface area contributed by atoms with E-state index in [4.69, 9.17) is 0 Å². The van der Waals surface area contributed by atoms with E-state index in [1.54, 1.807) is 25.1 Å². The second-order valence-corrected chi connectivity index (χ2v) is 3.69. The number of nitrogens with one attached hydrogen (secondary N) is 1. The molecule has 1 aromatic rings. The predicted octanol–water partition coefficient (Wildman–Crippen LogP) is 1.53. The van der Waals surface area contributed by atoms with E-state index in [0.29, 0.717) is 5.69 Å². The van der Waals surface area contributed by atoms with Crippen molar-refractivity contribution in [3.63, 3.8) is 0 Å². The molecule has 0 unspecified atom stereocenters. The van der Waals surface area contributed by atoms with Gasteiger partial charge in [0.05, 0.1) is 19.2 Å². The van der Waals surface area contributed by atoms with Crippen LogP contribution >= 0.6 is 0 Å². The summed E-state index contributed by atoms with van der Waals surface area (Å²) in [7, 11) is 1.27. The molecule has 0 radical (unpaired) electrons. The molecule has 17 heavy (non-hydrogen) atoms. The van der Waals surface area contributed by atoms with Gasteiger partial charge in [-0.15, -0.1) is 0 Å². The normalized spacial score (nSPS) is 11.6. The lowest BCUT2D eigenvalue weighted by Gasteiger charge is -2.11. The largest absolute Gasteiger partial charge is 0.506 e. The molecule has 5 heteroatoms. The molecule has 1 aromatic carbocycles. The third-order valence-electron chi connectivity index (χ3n) is 2.31. The van der Waals surface area contributed by atoms with Crippen LogP contribution in [0.25, 0.3) is 0 Å². The Balaban J connectivity index is 2.60. The van der Waals surface area contributed by atoms with E-state index in [2.05, 4.69) is 10.1 Å². The molecule has 0 bridgehead atoms. The Morgan fingerprint density at radius 2 is 2.06 bits per heavy atom. The van der Waals surface area contributed by atoms with E-state index in [1.807, 2.05) is 0 Å². The highest BCUT2D eigenvalue weighted by atomic mass is 16.5. The number of benzene rings is 1. The van der Waals surface area contributed by atoms with Crippen molar-refractivity contribution in [2.24, 2.45) is 5.92 Å². The van der Waals surface area contributed by atoms with Crippen molar-refractivity contribution in [1.82, 2.24) is 0 Å². The molecule has 0 aromatic heterocycles. The zero-order chi connectivity index (χ0) is 12.8. The van der Waals surface area contributed by atoms with Crippen molar-refractivity contribution in [3.05, 3.63) is 24.3 Å². The van der Waals surface area contributed by atoms with Crippen LogP contribution in [0.4, 0.5) is 5.69 Å². The van der Waals surface area contributed by atoms with Crippen molar-refractivity contribution in [2.45, 2.75) is 13.3 Å². The first-order valence-corrected chi connectivity index (χ1v) is 5.20. The summed E-state index contributed by atoms with van der Waals surface area (Å²) in [6.45, 7) is 1.62. The standard InChI is InChI=1S/C12H15NO4/c1-8(7-11(15)17-2)12(16)13-9-5-3-4-6-10(9)14/h3-6,8,14H,7H2,1-2H3,(H,13,16)/t8-/m0/s1. The van der Waals surface area contributed by atoms with Gasteiger partial charge in [-0.1, -0.05) is 19.1 Å². The molecule has 0 aliphatic carbocycles. The molecule has 0 spiro atoms. The van der Waals surface area contributed by atoms with Crippen molar-refractivity contribution in [3.8, 4) is 5.75 Å². The minimum absolute atomic E-state index is 0.00822. The van der Waals surface area contributed by atoms with E-state index in [0.717, 1.165) is 0 Å². The fourth-order valence-corrected chi connectivity index (χ4v) is 1.26. The summed E-state index contributed by atoms with van der Waals surface area (Å²) in [4.78, 5) is 22.7. The Morgan fingerprint density at radius 3 is 2.65 bits per heavy atom. The molecule has 0 aliphatic rings. The molecule has 2 N–H and O–H groups in total. The lowest BCUT2D eigenvalue weighted by Crippen LogP contribution is -2.23. The second-order valence-electron chi connectivity index (χ2n) is 3.69. The van der Waals surface area contributed by atoms with E-state index >= 15 is 0 Å². The number of phenols is 1. The monoisotopic (exact) mass is 237 g/mol. The predicted molar refractivity (Wildman–Crippen MR) is 62.5 cm³/mol. The van der Waals surface area contributed by atoms with Crippen LogP contribution in [0, 0.1) is 5.92 Å². The van der Waals surface area contributed by atoms with Crippen LogP contribution in [0.15, 0.2) is 24.3 Å². The average molecular weight is 237 g/mol. The number of hydrogen-bond acceptors (Lipinski definition) is 4. The number of carbonyl (C=O) groups excluding carboxylic acids is 2. The number of hydrogen-bond donors (Lipinski definition) is 2. The molecule has 1 atom stereocenters. The minimum Gasteiger partial charge on any atom is -0.506 e. The molecule has 0 aliphatic heterocycles. The quantitative estimate of drug-likeness (QED) is 0.615. The van der Waals surface area contributed by atoms with Gasteiger partial charge in [-0.05, 0) is 12.1 Å². The number of para-hydroxylation sites is 2. The SMILES string of the molecule is COC(=O)C[C@H](C)C(=O)Nc1ccccc1O. The molecular formula is C12H15NO4. The highest BCUT2D eigenvalue weighted by Crippen LogP contribution is 2.22. The number of ether oxygens (including phenoxy) is 1. The number of rotatable bonds is 4. The molecule has 0 saturated carbocycles. The van der Waals surface area contributed by atoms with Crippen LogP contribution in [0.2, 0.25) is 0 Å². The summed E-state index contributed by atoms with van der Waals surface area (Å²) >= 11 is 0. The van der Waals surface area contributed by atoms with Gasteiger partial charge < -0.3 is 15.2 Å². The highest BCUT2D eigenvalue weighted by molar-refractivity contribution is 5.95. The summed E-state index contributed by atoms with van der Waals surface area (Å²) in [6.07, 6.45) is 0.00985. The summed E-state index contributed by atoms with van der Waals surface area (Å²) in [5.74, 6) is -1.30. The Hall–Kier alpha value is -2.04. The van der Waals surface area contributed by atoms with Gasteiger partial charge in [-0.2, -0.15) is 0 Å². The average Bonchev–Trinajstić information content (AvgIpc) is 2.31. The Labute approximate surface area is 99.4 Å². The minimum atomic E-state index is -0.512. The Morgan fingerprint density at radius 1 is 1.41 bits per heavy atom. The molecular weight excluding hydrogens is 222 g/mol. The number of anilines is 1. The van der Waals surface area contributed by atoms with Crippen LogP contribution in [-0.4, -0.2) is 24.1 Å². The number of aromatic hydroxyl groups is 1. The zero-order valence-electron chi connectivity index (χ0n) is 9.77. The summed E-state index contributed by atoms with van der Waals surface area (Å²) in [6, 6.07) is 6.40. The van der Waals surface area contributed by atoms with Crippen LogP contribution in [0.1, 0.15) is 13.3 Å². The summed E-state index contributed by atoms with van der Waals surface area (Å²) in [5, 5.41) is 12.0. The highest BCUT2D eigenvalue weighted by Gasteiger charge is 2.18. The fraction of sp³-hybridized carbons (Fsp3) is 0.333. The lowest BCUT2D eigenvalue weighted by atomic mass is 10.1. The number of esters is 1. The topological polar surface area (TPSA) is 75.6 Å². The van der Waals surface area contributed by atoms with Gasteiger partial charge in [0.15, 0.2) is 0 Å². The Kier molecular flexibility index (Phi) is 4.51. The molecule has 1 rings (SSSR count). The van der Waals surface area contributed by atoms with Gasteiger partial charge in [0.2, 0.25) is 5.91 Å². The lowest BCUT2D eigenvalue weighted by molar-refractivity contribution is -0.143. The van der Waals surface area contributed by atoms with Gasteiger partial charge in [0.1, 0.15) is 5.75 Å². The fourth-order valence-electron chi connectivity index (χ4n) is 1.26. The first-order chi connectivity index (χ1) is 8.04. The maximum Gasteiger partial charge on any atom is 0.306 e. The zero-order valence-corrected chi connectivity index (χ0v) is 9.77. The maximum atomic E-state index is 11.7. The molecule has 1 amide bonds. The smallest absolute Gasteiger partial charge is 0.306 e. The van der Waals surface area contributed by atoms with Gasteiger partial charge in [-0.3, -0.25) is 9.59 Å². The number of methoxy groups -OCH3 is 1. The van der Waals surface area contributed by atoms with Crippen molar-refractivity contribution >= 4 is 17.6 Å². The number of amides is 1. The van der Waals surface area contributed by atoms with Crippen LogP contribution in [0.5, 0.6) is 5.75 Å². The summed E-state index contributed by atoms with van der Waals surface area (Å²) < 4.78 is 4.48. The number of carbonyl (C=O) groups is 2. The third kappa shape index (κ3) is 3.79. The van der Waals surface area contributed by atoms with E-state index in [9.17, 15) is 14.7 Å². The van der Waals surface area contributed by atoms with Crippen molar-refractivity contribution in [2.75, 3.05) is 12.4 Å². The van der Waals surface area contributed by atoms with Gasteiger partial charge >= 0.3 is 5.97 Å². The Bertz CT molecular complexity index is 417. The van der Waals surface area contributed by atoms with Crippen LogP contribution < -0.4 is 5.32 Å². The van der Waals surface area contributed by atoms with Gasteiger partial charge in [-0.25, -0.2) is 0 Å². The van der Waals surface area contributed by atoms with E-state index in [-0.39, 0.29) is 18.1 Å². The van der Waals surface area contributed by atoms with E-state index in [1.165, 1.54) is 13.2 Å². The van der Waals surface area contributed by atoms with E-state index < -0.39 is 11.9 Å². The third-order valence-corrected chi connectivity index (χ3v) is 2.31. The summed E-state index contributed by atoms with van der Waals surface area (Å²) in [5.41, 5.74) is 0.328. The molecule has 0 fully saturated rings. The van der Waals surface area contributed by atoms with Crippen LogP contribution in [0.3, 0.4) is 0 Å². The van der Waals surface area contributed by atoms with Crippen molar-refractivity contribution in [1.29, 1.82) is 0 Å². The second kappa shape index (κ2) is 5.89. The van der Waals surface area contributed by atoms with Gasteiger partial charge in [0, 0.05) is 5.92 Å². The van der Waals surface area contributed by atoms with Gasteiger partial charge in [0.25, 0.3) is 0 Å². The molecule has 0 saturated heterocycles. The maximum absolute atomic E-state index is 11.7. The van der Waals surface area contributed by atoms with Crippen LogP contribution in [-0.2, 0) is 14.3 Å². The molecule has 5 nitrogen and oxygen atoms in total. The first-order valence-electron chi connectivity index (χ1n) is 5.20. The number of phenolic OH excluding ortho intramolecular Hbond substituents is 1. The molecule has 0 heterocycles. The molecule has 92 valence electrons.